The molecule has 0 fully saturated rings. The van der Waals surface area contributed by atoms with Gasteiger partial charge in [-0.15, -0.1) is 0 Å². The predicted molar refractivity (Wildman–Crippen MR) is 35.5 cm³/mol. The van der Waals surface area contributed by atoms with E-state index in [0.29, 0.717) is 25.7 Å². The molecule has 1 N–H and O–H groups in total. The fourth-order valence-corrected chi connectivity index (χ4v) is 0.523. The van der Waals surface area contributed by atoms with Crippen LogP contribution in [-0.2, 0) is 14.3 Å². The monoisotopic (exact) mass is 145 g/mol. The zero-order chi connectivity index (χ0) is 7.82. The van der Waals surface area contributed by atoms with Gasteiger partial charge in [-0.2, -0.15) is 0 Å². The molecule has 0 spiro atoms. The van der Waals surface area contributed by atoms with Crippen LogP contribution >= 0.6 is 0 Å². The van der Waals surface area contributed by atoms with Crippen LogP contribution in [0.1, 0.15) is 6.42 Å². The lowest BCUT2D eigenvalue weighted by Crippen LogP contribution is -2.30. The Bertz CT molecular complexity index is 105. The fraction of sp³-hybridized carbons (Fsp3) is 0.667. The standard InChI is InChI=1S/C6H11NO3/c1-10-3-2-6(4-8)7-5-9/h4-6H,2-3H2,1H3,(H,7,9). The molecule has 0 radical (unpaired) electrons. The maximum atomic E-state index is 10.1. The summed E-state index contributed by atoms with van der Waals surface area (Å²) < 4.78 is 4.71. The molecule has 0 aromatic rings. The van der Waals surface area contributed by atoms with Gasteiger partial charge in [0.25, 0.3) is 0 Å². The third-order valence-electron chi connectivity index (χ3n) is 1.08. The van der Waals surface area contributed by atoms with Gasteiger partial charge < -0.3 is 14.8 Å². The van der Waals surface area contributed by atoms with Crippen molar-refractivity contribution in [2.75, 3.05) is 13.7 Å². The van der Waals surface area contributed by atoms with Crippen LogP contribution in [0.15, 0.2) is 0 Å². The van der Waals surface area contributed by atoms with Gasteiger partial charge in [0.2, 0.25) is 6.41 Å². The van der Waals surface area contributed by atoms with Crippen LogP contribution in [0.25, 0.3) is 0 Å². The molecule has 0 saturated carbocycles. The lowest BCUT2D eigenvalue weighted by Gasteiger charge is -2.06. The van der Waals surface area contributed by atoms with Gasteiger partial charge in [0.05, 0.1) is 6.04 Å². The Morgan fingerprint density at radius 3 is 2.70 bits per heavy atom. The van der Waals surface area contributed by atoms with Crippen LogP contribution in [0.5, 0.6) is 0 Å². The van der Waals surface area contributed by atoms with Crippen LogP contribution in [0.3, 0.4) is 0 Å². The average Bonchev–Trinajstić information content (AvgIpc) is 1.98. The summed E-state index contributed by atoms with van der Waals surface area (Å²) in [5.41, 5.74) is 0. The Hall–Kier alpha value is -0.900. The number of carbonyl (C=O) groups excluding carboxylic acids is 2. The van der Waals surface area contributed by atoms with Crippen molar-refractivity contribution in [2.45, 2.75) is 12.5 Å². The largest absolute Gasteiger partial charge is 0.385 e. The Balaban J connectivity index is 3.38. The highest BCUT2D eigenvalue weighted by molar-refractivity contribution is 5.63. The van der Waals surface area contributed by atoms with E-state index in [1.807, 2.05) is 0 Å². The third kappa shape index (κ3) is 4.03. The summed E-state index contributed by atoms with van der Waals surface area (Å²) in [6.45, 7) is 0.476. The number of carbonyl (C=O) groups is 2. The summed E-state index contributed by atoms with van der Waals surface area (Å²) in [5.74, 6) is 0. The maximum absolute atomic E-state index is 10.1. The van der Waals surface area contributed by atoms with Gasteiger partial charge in [-0.3, -0.25) is 4.79 Å². The molecule has 4 heteroatoms. The van der Waals surface area contributed by atoms with Crippen molar-refractivity contribution in [3.63, 3.8) is 0 Å². The molecule has 0 bridgehead atoms. The number of nitrogens with one attached hydrogen (secondary N) is 1. The number of amides is 1. The molecule has 0 aliphatic carbocycles. The third-order valence-corrected chi connectivity index (χ3v) is 1.08. The van der Waals surface area contributed by atoms with E-state index in [0.717, 1.165) is 0 Å². The molecule has 0 aliphatic heterocycles. The molecule has 1 unspecified atom stereocenters. The molecule has 0 aromatic heterocycles. The van der Waals surface area contributed by atoms with E-state index >= 15 is 0 Å². The van der Waals surface area contributed by atoms with Crippen molar-refractivity contribution in [1.29, 1.82) is 0 Å². The van der Waals surface area contributed by atoms with Crippen LogP contribution in [0.2, 0.25) is 0 Å². The number of aldehydes is 1. The van der Waals surface area contributed by atoms with Crippen LogP contribution < -0.4 is 5.32 Å². The highest BCUT2D eigenvalue weighted by Crippen LogP contribution is 1.86. The van der Waals surface area contributed by atoms with Crippen LogP contribution in [0, 0.1) is 0 Å². The highest BCUT2D eigenvalue weighted by Gasteiger charge is 2.02. The van der Waals surface area contributed by atoms with Gasteiger partial charge in [0.15, 0.2) is 0 Å². The second-order valence-electron chi connectivity index (χ2n) is 1.81. The number of hydrogen-bond acceptors (Lipinski definition) is 3. The van der Waals surface area contributed by atoms with Crippen LogP contribution in [-0.4, -0.2) is 32.5 Å². The lowest BCUT2D eigenvalue weighted by atomic mass is 10.2. The zero-order valence-corrected chi connectivity index (χ0v) is 5.87. The van der Waals surface area contributed by atoms with E-state index in [2.05, 4.69) is 5.32 Å². The predicted octanol–water partition coefficient (Wildman–Crippen LogP) is -0.664. The molecule has 10 heavy (non-hydrogen) atoms. The molecule has 58 valence electrons. The number of rotatable bonds is 6. The first kappa shape index (κ1) is 9.10. The Morgan fingerprint density at radius 2 is 2.30 bits per heavy atom. The Labute approximate surface area is 59.6 Å². The van der Waals surface area contributed by atoms with E-state index in [-0.39, 0.29) is 0 Å². The normalized spacial score (nSPS) is 12.1. The smallest absolute Gasteiger partial charge is 0.207 e. The minimum absolute atomic E-state index is 0.405. The van der Waals surface area contributed by atoms with Crippen molar-refractivity contribution in [3.05, 3.63) is 0 Å². The Morgan fingerprint density at radius 1 is 1.60 bits per heavy atom. The van der Waals surface area contributed by atoms with Crippen molar-refractivity contribution in [3.8, 4) is 0 Å². The van der Waals surface area contributed by atoms with Gasteiger partial charge >= 0.3 is 0 Å². The topological polar surface area (TPSA) is 55.4 Å². The zero-order valence-electron chi connectivity index (χ0n) is 5.87. The lowest BCUT2D eigenvalue weighted by molar-refractivity contribution is -0.115. The molecule has 0 rings (SSSR count). The molecule has 0 aromatic carbocycles. The summed E-state index contributed by atoms with van der Waals surface area (Å²) >= 11 is 0. The molecular weight excluding hydrogens is 134 g/mol. The van der Waals surface area contributed by atoms with E-state index < -0.39 is 6.04 Å². The number of hydrogen-bond donors (Lipinski definition) is 1. The van der Waals surface area contributed by atoms with Gasteiger partial charge in [-0.25, -0.2) is 0 Å². The fourth-order valence-electron chi connectivity index (χ4n) is 0.523. The second kappa shape index (κ2) is 6.22. The molecule has 0 saturated heterocycles. The van der Waals surface area contributed by atoms with Gasteiger partial charge in [0, 0.05) is 13.7 Å². The summed E-state index contributed by atoms with van der Waals surface area (Å²) in [5, 5.41) is 2.34. The molecule has 1 atom stereocenters. The minimum Gasteiger partial charge on any atom is -0.385 e. The maximum Gasteiger partial charge on any atom is 0.207 e. The number of methoxy groups -OCH3 is 1. The van der Waals surface area contributed by atoms with E-state index in [4.69, 9.17) is 4.74 Å². The molecule has 0 heterocycles. The van der Waals surface area contributed by atoms with Gasteiger partial charge in [-0.1, -0.05) is 0 Å². The first-order valence-corrected chi connectivity index (χ1v) is 2.99. The summed E-state index contributed by atoms with van der Waals surface area (Å²) in [6.07, 6.45) is 1.72. The van der Waals surface area contributed by atoms with Gasteiger partial charge in [0.1, 0.15) is 6.29 Å². The number of ether oxygens (including phenoxy) is 1. The van der Waals surface area contributed by atoms with E-state index in [1.165, 1.54) is 0 Å². The average molecular weight is 145 g/mol. The molecular formula is C6H11NO3. The first-order chi connectivity index (χ1) is 4.85. The van der Waals surface area contributed by atoms with E-state index in [9.17, 15) is 9.59 Å². The minimum atomic E-state index is -0.405. The van der Waals surface area contributed by atoms with Crippen molar-refractivity contribution in [2.24, 2.45) is 0 Å². The quantitative estimate of drug-likeness (QED) is 0.504. The van der Waals surface area contributed by atoms with Crippen molar-refractivity contribution < 1.29 is 14.3 Å². The van der Waals surface area contributed by atoms with Gasteiger partial charge in [-0.05, 0) is 6.42 Å². The summed E-state index contributed by atoms with van der Waals surface area (Å²) in [7, 11) is 1.54. The second-order valence-corrected chi connectivity index (χ2v) is 1.81. The SMILES string of the molecule is COCCC(C=O)NC=O. The molecule has 0 aliphatic rings. The highest BCUT2D eigenvalue weighted by atomic mass is 16.5. The van der Waals surface area contributed by atoms with Crippen LogP contribution in [0.4, 0.5) is 0 Å². The summed E-state index contributed by atoms with van der Waals surface area (Å²) in [6, 6.07) is -0.405. The first-order valence-electron chi connectivity index (χ1n) is 2.99. The Kier molecular flexibility index (Phi) is 5.66. The summed E-state index contributed by atoms with van der Waals surface area (Å²) in [4.78, 5) is 20.0. The van der Waals surface area contributed by atoms with Crippen molar-refractivity contribution >= 4 is 12.7 Å². The van der Waals surface area contributed by atoms with Crippen molar-refractivity contribution in [1.82, 2.24) is 5.32 Å². The molecule has 1 amide bonds. The molecule has 4 nitrogen and oxygen atoms in total. The van der Waals surface area contributed by atoms with E-state index in [1.54, 1.807) is 7.11 Å².